The minimum Gasteiger partial charge on any atom is -0.238 e. The highest BCUT2D eigenvalue weighted by molar-refractivity contribution is 5.86. The lowest BCUT2D eigenvalue weighted by Gasteiger charge is -2.36. The van der Waals surface area contributed by atoms with E-state index in [1.165, 1.54) is 71.0 Å². The van der Waals surface area contributed by atoms with Crippen molar-refractivity contribution < 1.29 is 0 Å². The van der Waals surface area contributed by atoms with E-state index < -0.39 is 0 Å². The monoisotopic (exact) mass is 718 g/mol. The molecule has 1 saturated carbocycles. The molecule has 0 bridgehead atoms. The fourth-order valence-electron chi connectivity index (χ4n) is 8.90. The first-order valence-electron chi connectivity index (χ1n) is 19.5. The molecule has 4 nitrogen and oxygen atoms in total. The molecule has 56 heavy (non-hydrogen) atoms. The number of hydrogen-bond donors (Lipinski definition) is 0. The van der Waals surface area contributed by atoms with E-state index in [-0.39, 0.29) is 5.41 Å². The zero-order valence-electron chi connectivity index (χ0n) is 31.0. The first-order chi connectivity index (χ1) is 27.6. The van der Waals surface area contributed by atoms with Crippen LogP contribution in [0.25, 0.3) is 83.5 Å². The van der Waals surface area contributed by atoms with E-state index in [2.05, 4.69) is 132 Å². The van der Waals surface area contributed by atoms with Crippen molar-refractivity contribution in [3.63, 3.8) is 0 Å². The summed E-state index contributed by atoms with van der Waals surface area (Å²) >= 11 is 0. The molecule has 0 aliphatic heterocycles. The summed E-state index contributed by atoms with van der Waals surface area (Å²) < 4.78 is 0. The SMILES string of the molecule is [C-]#[N+]c1ccc2c(c1)-c1ccc(-c3ccc(-c4ccc(-c5nc(-c6ccccc6)nc(-c6ccc(-c7ccccc7)cc6)n5)cc4)cc3)cc1C21CCCCC1. The Hall–Kier alpha value is -6.96. The van der Waals surface area contributed by atoms with Crippen molar-refractivity contribution in [2.24, 2.45) is 0 Å². The zero-order valence-corrected chi connectivity index (χ0v) is 31.0. The summed E-state index contributed by atoms with van der Waals surface area (Å²) in [4.78, 5) is 18.6. The second-order valence-electron chi connectivity index (χ2n) is 15.0. The Morgan fingerprint density at radius 1 is 0.375 bits per heavy atom. The highest BCUT2D eigenvalue weighted by atomic mass is 15.0. The Morgan fingerprint density at radius 2 is 0.804 bits per heavy atom. The Bertz CT molecular complexity index is 2740. The van der Waals surface area contributed by atoms with Crippen LogP contribution < -0.4 is 0 Å². The summed E-state index contributed by atoms with van der Waals surface area (Å²) in [6, 6.07) is 59.7. The average molecular weight is 719 g/mol. The average Bonchev–Trinajstić information content (AvgIpc) is 3.54. The third-order valence-corrected chi connectivity index (χ3v) is 11.8. The van der Waals surface area contributed by atoms with E-state index in [1.807, 2.05) is 42.5 Å². The molecule has 0 amide bonds. The van der Waals surface area contributed by atoms with Gasteiger partial charge in [0.15, 0.2) is 23.2 Å². The maximum Gasteiger partial charge on any atom is 0.187 e. The molecule has 8 aromatic rings. The maximum atomic E-state index is 7.62. The smallest absolute Gasteiger partial charge is 0.187 e. The van der Waals surface area contributed by atoms with Crippen LogP contribution >= 0.6 is 0 Å². The molecule has 266 valence electrons. The standard InChI is InChI=1S/C52H38N4/c1-53-44-28-30-47-46(34-44)45-29-27-43(33-48(45)52(47)31-9-4-10-32-52)39-17-15-37(16-18-39)38-21-25-42(26-22-38)51-55-49(40-13-7-3-8-14-40)54-50(56-51)41-23-19-36(20-24-41)35-11-5-2-6-12-35/h2-3,5-8,11-30,33-34H,4,9-10,31-32H2. The predicted octanol–water partition coefficient (Wildman–Crippen LogP) is 13.7. The molecule has 1 spiro atoms. The molecule has 0 saturated heterocycles. The normalized spacial score (nSPS) is 13.8. The molecule has 0 N–H and O–H groups in total. The van der Waals surface area contributed by atoms with Gasteiger partial charge in [-0.15, -0.1) is 0 Å². The van der Waals surface area contributed by atoms with Crippen LogP contribution in [0.4, 0.5) is 5.69 Å². The van der Waals surface area contributed by atoms with Gasteiger partial charge in [0.1, 0.15) is 0 Å². The summed E-state index contributed by atoms with van der Waals surface area (Å²) in [6.07, 6.45) is 6.12. The molecule has 1 heterocycles. The maximum absolute atomic E-state index is 7.62. The largest absolute Gasteiger partial charge is 0.238 e. The topological polar surface area (TPSA) is 43.0 Å². The van der Waals surface area contributed by atoms with Crippen molar-refractivity contribution in [3.05, 3.63) is 192 Å². The van der Waals surface area contributed by atoms with Crippen molar-refractivity contribution >= 4 is 5.69 Å². The Morgan fingerprint density at radius 3 is 1.32 bits per heavy atom. The minimum absolute atomic E-state index is 0.0509. The summed E-state index contributed by atoms with van der Waals surface area (Å²) in [7, 11) is 0. The Balaban J connectivity index is 0.943. The molecule has 10 rings (SSSR count). The molecular formula is C52H38N4. The first-order valence-corrected chi connectivity index (χ1v) is 19.5. The van der Waals surface area contributed by atoms with Gasteiger partial charge >= 0.3 is 0 Å². The van der Waals surface area contributed by atoms with Crippen molar-refractivity contribution in [2.45, 2.75) is 37.5 Å². The van der Waals surface area contributed by atoms with Gasteiger partial charge in [0.05, 0.1) is 6.57 Å². The van der Waals surface area contributed by atoms with Crippen LogP contribution in [0.3, 0.4) is 0 Å². The molecule has 4 heteroatoms. The Kier molecular flexibility index (Phi) is 8.42. The van der Waals surface area contributed by atoms with Crippen LogP contribution in [0.5, 0.6) is 0 Å². The van der Waals surface area contributed by atoms with Crippen molar-refractivity contribution in [1.29, 1.82) is 0 Å². The molecule has 2 aliphatic rings. The second kappa shape index (κ2) is 14.0. The molecule has 0 radical (unpaired) electrons. The number of rotatable bonds is 6. The Labute approximate surface area is 328 Å². The van der Waals surface area contributed by atoms with Gasteiger partial charge in [0, 0.05) is 22.1 Å². The summed E-state index contributed by atoms with van der Waals surface area (Å²) in [5.41, 5.74) is 16.1. The van der Waals surface area contributed by atoms with Crippen LogP contribution in [0.15, 0.2) is 170 Å². The van der Waals surface area contributed by atoms with Gasteiger partial charge in [0.25, 0.3) is 0 Å². The molecule has 7 aromatic carbocycles. The highest BCUT2D eigenvalue weighted by Crippen LogP contribution is 2.57. The van der Waals surface area contributed by atoms with Crippen molar-refractivity contribution in [3.8, 4) is 78.7 Å². The van der Waals surface area contributed by atoms with Crippen LogP contribution in [-0.2, 0) is 5.41 Å². The van der Waals surface area contributed by atoms with Crippen LogP contribution in [0.2, 0.25) is 0 Å². The zero-order chi connectivity index (χ0) is 37.5. The highest BCUT2D eigenvalue weighted by Gasteiger charge is 2.43. The molecule has 2 aliphatic carbocycles. The molecule has 0 unspecified atom stereocenters. The van der Waals surface area contributed by atoms with Crippen molar-refractivity contribution in [1.82, 2.24) is 15.0 Å². The molecule has 1 aromatic heterocycles. The number of hydrogen-bond acceptors (Lipinski definition) is 3. The van der Waals surface area contributed by atoms with Gasteiger partial charge in [-0.3, -0.25) is 0 Å². The van der Waals surface area contributed by atoms with E-state index >= 15 is 0 Å². The van der Waals surface area contributed by atoms with Gasteiger partial charge in [-0.1, -0.05) is 177 Å². The van der Waals surface area contributed by atoms with E-state index in [4.69, 9.17) is 21.5 Å². The minimum atomic E-state index is 0.0509. The van der Waals surface area contributed by atoms with Crippen LogP contribution in [0.1, 0.15) is 43.2 Å². The quantitative estimate of drug-likeness (QED) is 0.161. The third kappa shape index (κ3) is 5.99. The van der Waals surface area contributed by atoms with Gasteiger partial charge < -0.3 is 0 Å². The number of benzene rings is 7. The van der Waals surface area contributed by atoms with Gasteiger partial charge in [0.2, 0.25) is 0 Å². The predicted molar refractivity (Wildman–Crippen MR) is 228 cm³/mol. The van der Waals surface area contributed by atoms with Crippen molar-refractivity contribution in [2.75, 3.05) is 0 Å². The number of aromatic nitrogens is 3. The summed E-state index contributed by atoms with van der Waals surface area (Å²) in [5, 5.41) is 0. The lowest BCUT2D eigenvalue weighted by Crippen LogP contribution is -2.28. The van der Waals surface area contributed by atoms with E-state index in [1.54, 1.807) is 0 Å². The van der Waals surface area contributed by atoms with E-state index in [9.17, 15) is 0 Å². The van der Waals surface area contributed by atoms with Crippen LogP contribution in [-0.4, -0.2) is 15.0 Å². The van der Waals surface area contributed by atoms with E-state index in [0.717, 1.165) is 39.1 Å². The molecule has 0 atom stereocenters. The summed E-state index contributed by atoms with van der Waals surface area (Å²) in [6.45, 7) is 7.62. The molecular weight excluding hydrogens is 681 g/mol. The van der Waals surface area contributed by atoms with Gasteiger partial charge in [-0.2, -0.15) is 0 Å². The fourth-order valence-corrected chi connectivity index (χ4v) is 8.90. The second-order valence-corrected chi connectivity index (χ2v) is 15.0. The van der Waals surface area contributed by atoms with Crippen LogP contribution in [0, 0.1) is 6.57 Å². The first kappa shape index (κ1) is 33.6. The van der Waals surface area contributed by atoms with Gasteiger partial charge in [-0.05, 0) is 80.6 Å². The fraction of sp³-hybridized carbons (Fsp3) is 0.115. The lowest BCUT2D eigenvalue weighted by atomic mass is 9.67. The van der Waals surface area contributed by atoms with E-state index in [0.29, 0.717) is 17.5 Å². The number of nitrogens with zero attached hydrogens (tertiary/aromatic N) is 4. The van der Waals surface area contributed by atoms with Gasteiger partial charge in [-0.25, -0.2) is 19.8 Å². The summed E-state index contributed by atoms with van der Waals surface area (Å²) in [5.74, 6) is 1.93. The third-order valence-electron chi connectivity index (χ3n) is 11.8. The number of fused-ring (bicyclic) bond motifs is 5. The molecule has 1 fully saturated rings. The lowest BCUT2D eigenvalue weighted by molar-refractivity contribution is 0.353.